The predicted molar refractivity (Wildman–Crippen MR) is 70.6 cm³/mol. The van der Waals surface area contributed by atoms with Crippen molar-refractivity contribution in [1.29, 1.82) is 0 Å². The molecule has 2 rings (SSSR count). The van der Waals surface area contributed by atoms with Crippen LogP contribution in [0.2, 0.25) is 0 Å². The van der Waals surface area contributed by atoms with Crippen LogP contribution < -0.4 is 5.32 Å². The molecule has 1 N–H and O–H groups in total. The van der Waals surface area contributed by atoms with Crippen LogP contribution in [0.25, 0.3) is 0 Å². The number of carbonyl (C=O) groups is 2. The van der Waals surface area contributed by atoms with Crippen molar-refractivity contribution in [1.82, 2.24) is 15.1 Å². The Morgan fingerprint density at radius 1 is 1.37 bits per heavy atom. The van der Waals surface area contributed by atoms with Crippen molar-refractivity contribution in [3.63, 3.8) is 0 Å². The van der Waals surface area contributed by atoms with Crippen LogP contribution in [-0.4, -0.2) is 74.1 Å². The number of carbonyl (C=O) groups excluding carboxylic acids is 2. The summed E-state index contributed by atoms with van der Waals surface area (Å²) in [5, 5.41) is 3.42. The summed E-state index contributed by atoms with van der Waals surface area (Å²) in [6.45, 7) is 6.29. The SMILES string of the molecule is CCNC(CN1CCN(C)C(=O)C1=O)C1CCOC1. The van der Waals surface area contributed by atoms with E-state index >= 15 is 0 Å². The van der Waals surface area contributed by atoms with Crippen molar-refractivity contribution >= 4 is 11.8 Å². The molecule has 2 heterocycles. The van der Waals surface area contributed by atoms with Crippen LogP contribution in [0.1, 0.15) is 13.3 Å². The molecule has 0 aromatic heterocycles. The Morgan fingerprint density at radius 3 is 2.79 bits per heavy atom. The van der Waals surface area contributed by atoms with E-state index in [0.29, 0.717) is 25.6 Å². The van der Waals surface area contributed by atoms with Gasteiger partial charge in [0, 0.05) is 45.2 Å². The van der Waals surface area contributed by atoms with Crippen molar-refractivity contribution in [2.75, 3.05) is 46.4 Å². The van der Waals surface area contributed by atoms with Crippen molar-refractivity contribution in [2.45, 2.75) is 19.4 Å². The van der Waals surface area contributed by atoms with Gasteiger partial charge in [-0.2, -0.15) is 0 Å². The highest BCUT2D eigenvalue weighted by atomic mass is 16.5. The smallest absolute Gasteiger partial charge is 0.312 e. The normalized spacial score (nSPS) is 26.1. The van der Waals surface area contributed by atoms with E-state index in [1.54, 1.807) is 11.9 Å². The summed E-state index contributed by atoms with van der Waals surface area (Å²) in [5.41, 5.74) is 0. The molecule has 2 aliphatic heterocycles. The zero-order valence-corrected chi connectivity index (χ0v) is 11.7. The lowest BCUT2D eigenvalue weighted by Crippen LogP contribution is -2.57. The lowest BCUT2D eigenvalue weighted by Gasteiger charge is -2.35. The molecule has 0 bridgehead atoms. The van der Waals surface area contributed by atoms with Gasteiger partial charge in [-0.25, -0.2) is 0 Å². The molecule has 0 radical (unpaired) electrons. The average Bonchev–Trinajstić information content (AvgIpc) is 2.92. The van der Waals surface area contributed by atoms with Gasteiger partial charge in [-0.3, -0.25) is 9.59 Å². The average molecular weight is 269 g/mol. The van der Waals surface area contributed by atoms with E-state index in [-0.39, 0.29) is 11.9 Å². The van der Waals surface area contributed by atoms with E-state index < -0.39 is 5.91 Å². The van der Waals surface area contributed by atoms with Gasteiger partial charge < -0.3 is 19.9 Å². The molecule has 2 amide bonds. The molecular weight excluding hydrogens is 246 g/mol. The fourth-order valence-electron chi connectivity index (χ4n) is 2.70. The zero-order chi connectivity index (χ0) is 13.8. The molecule has 0 aromatic rings. The molecule has 2 fully saturated rings. The third kappa shape index (κ3) is 3.25. The molecule has 2 atom stereocenters. The van der Waals surface area contributed by atoms with E-state index in [0.717, 1.165) is 26.2 Å². The maximum absolute atomic E-state index is 12.0. The summed E-state index contributed by atoms with van der Waals surface area (Å²) in [6, 6.07) is 0.215. The molecule has 0 saturated carbocycles. The lowest BCUT2D eigenvalue weighted by atomic mass is 9.98. The lowest BCUT2D eigenvalue weighted by molar-refractivity contribution is -0.155. The number of amides is 2. The highest BCUT2D eigenvalue weighted by molar-refractivity contribution is 6.35. The van der Waals surface area contributed by atoms with Crippen LogP contribution >= 0.6 is 0 Å². The Bertz CT molecular complexity index is 342. The van der Waals surface area contributed by atoms with Gasteiger partial charge in [0.15, 0.2) is 0 Å². The minimum atomic E-state index is -0.399. The second-order valence-electron chi connectivity index (χ2n) is 5.27. The van der Waals surface area contributed by atoms with Gasteiger partial charge in [0.05, 0.1) is 6.61 Å². The fraction of sp³-hybridized carbons (Fsp3) is 0.846. The van der Waals surface area contributed by atoms with Crippen LogP contribution in [-0.2, 0) is 14.3 Å². The van der Waals surface area contributed by atoms with E-state index in [1.165, 1.54) is 4.90 Å². The van der Waals surface area contributed by atoms with Gasteiger partial charge in [-0.05, 0) is 13.0 Å². The van der Waals surface area contributed by atoms with Gasteiger partial charge in [-0.15, -0.1) is 0 Å². The first-order valence-corrected chi connectivity index (χ1v) is 6.99. The number of hydrogen-bond acceptors (Lipinski definition) is 4. The molecule has 0 spiro atoms. The van der Waals surface area contributed by atoms with Gasteiger partial charge in [0.1, 0.15) is 0 Å². The molecule has 6 nitrogen and oxygen atoms in total. The predicted octanol–water partition coefficient (Wildman–Crippen LogP) is -0.698. The number of ether oxygens (including phenoxy) is 1. The summed E-state index contributed by atoms with van der Waals surface area (Å²) >= 11 is 0. The highest BCUT2D eigenvalue weighted by Crippen LogP contribution is 2.18. The third-order valence-electron chi connectivity index (χ3n) is 3.94. The summed E-state index contributed by atoms with van der Waals surface area (Å²) in [4.78, 5) is 26.8. The van der Waals surface area contributed by atoms with E-state index in [9.17, 15) is 9.59 Å². The van der Waals surface area contributed by atoms with Crippen LogP contribution in [0.5, 0.6) is 0 Å². The first-order valence-electron chi connectivity index (χ1n) is 6.99. The number of rotatable bonds is 5. The fourth-order valence-corrected chi connectivity index (χ4v) is 2.70. The second kappa shape index (κ2) is 6.34. The zero-order valence-electron chi connectivity index (χ0n) is 11.7. The monoisotopic (exact) mass is 269 g/mol. The van der Waals surface area contributed by atoms with E-state index in [2.05, 4.69) is 12.2 Å². The molecule has 108 valence electrons. The summed E-state index contributed by atoms with van der Waals surface area (Å²) in [5.74, 6) is -0.345. The van der Waals surface area contributed by atoms with Crippen LogP contribution in [0.3, 0.4) is 0 Å². The minimum Gasteiger partial charge on any atom is -0.381 e. The highest BCUT2D eigenvalue weighted by Gasteiger charge is 2.34. The first-order chi connectivity index (χ1) is 9.13. The van der Waals surface area contributed by atoms with Gasteiger partial charge >= 0.3 is 11.8 Å². The number of hydrogen-bond donors (Lipinski definition) is 1. The maximum Gasteiger partial charge on any atom is 0.312 e. The molecule has 2 aliphatic rings. The summed E-state index contributed by atoms with van der Waals surface area (Å²) in [6.07, 6.45) is 1.02. The summed E-state index contributed by atoms with van der Waals surface area (Å²) in [7, 11) is 1.67. The quantitative estimate of drug-likeness (QED) is 0.671. The van der Waals surface area contributed by atoms with Crippen LogP contribution in [0.15, 0.2) is 0 Å². The second-order valence-corrected chi connectivity index (χ2v) is 5.27. The van der Waals surface area contributed by atoms with Crippen molar-refractivity contribution in [2.24, 2.45) is 5.92 Å². The maximum atomic E-state index is 12.0. The third-order valence-corrected chi connectivity index (χ3v) is 3.94. The molecule has 0 aliphatic carbocycles. The molecule has 6 heteroatoms. The number of nitrogens with one attached hydrogen (secondary N) is 1. The van der Waals surface area contributed by atoms with Gasteiger partial charge in [-0.1, -0.05) is 6.92 Å². The molecule has 2 unspecified atom stereocenters. The number of likely N-dealkylation sites (N-methyl/N-ethyl adjacent to an activating group) is 2. The molecular formula is C13H23N3O3. The van der Waals surface area contributed by atoms with E-state index in [1.807, 2.05) is 0 Å². The molecule has 2 saturated heterocycles. The number of nitrogens with zero attached hydrogens (tertiary/aromatic N) is 2. The Hall–Kier alpha value is -1.14. The Kier molecular flexibility index (Phi) is 4.76. The minimum absolute atomic E-state index is 0.215. The van der Waals surface area contributed by atoms with Crippen LogP contribution in [0.4, 0.5) is 0 Å². The molecule has 19 heavy (non-hydrogen) atoms. The largest absolute Gasteiger partial charge is 0.381 e. The van der Waals surface area contributed by atoms with Crippen molar-refractivity contribution in [3.8, 4) is 0 Å². The van der Waals surface area contributed by atoms with Gasteiger partial charge in [0.25, 0.3) is 0 Å². The topological polar surface area (TPSA) is 61.9 Å². The number of piperazine rings is 1. The standard InChI is InChI=1S/C13H23N3O3/c1-3-14-11(10-4-7-19-9-10)8-16-6-5-15(2)12(17)13(16)18/h10-11,14H,3-9H2,1-2H3. The van der Waals surface area contributed by atoms with Crippen molar-refractivity contribution in [3.05, 3.63) is 0 Å². The molecule has 0 aromatic carbocycles. The van der Waals surface area contributed by atoms with Crippen molar-refractivity contribution < 1.29 is 14.3 Å². The van der Waals surface area contributed by atoms with Gasteiger partial charge in [0.2, 0.25) is 0 Å². The van der Waals surface area contributed by atoms with Crippen LogP contribution in [0, 0.1) is 5.92 Å². The Labute approximate surface area is 114 Å². The Balaban J connectivity index is 1.96. The van der Waals surface area contributed by atoms with E-state index in [4.69, 9.17) is 4.74 Å². The summed E-state index contributed by atoms with van der Waals surface area (Å²) < 4.78 is 5.42. The Morgan fingerprint density at radius 2 is 2.16 bits per heavy atom. The first kappa shape index (κ1) is 14.3.